The number of carbonyl (C=O) groups is 1. The Morgan fingerprint density at radius 3 is 1.93 bits per heavy atom. The molecule has 3 nitrogen and oxygen atoms in total. The summed E-state index contributed by atoms with van der Waals surface area (Å²) in [6.45, 7) is 0. The van der Waals surface area contributed by atoms with Crippen LogP contribution in [0.25, 0.3) is 0 Å². The molecule has 1 saturated carbocycles. The molecule has 1 aliphatic carbocycles. The minimum Gasteiger partial charge on any atom is -0.479 e. The van der Waals surface area contributed by atoms with Gasteiger partial charge < -0.3 is 10.2 Å². The molecule has 14 heavy (non-hydrogen) atoms. The van der Waals surface area contributed by atoms with Gasteiger partial charge in [0.1, 0.15) is 0 Å². The molecule has 0 amide bonds. The van der Waals surface area contributed by atoms with Gasteiger partial charge in [0.05, 0.1) is 0 Å². The smallest absolute Gasteiger partial charge is 0.428 e. The maximum absolute atomic E-state index is 12.4. The van der Waals surface area contributed by atoms with E-state index >= 15 is 0 Å². The second-order valence-electron chi connectivity index (χ2n) is 3.55. The van der Waals surface area contributed by atoms with Gasteiger partial charge in [-0.1, -0.05) is 12.8 Å². The lowest BCUT2D eigenvalue weighted by atomic mass is 9.85. The zero-order chi connectivity index (χ0) is 11.0. The van der Waals surface area contributed by atoms with Crippen LogP contribution in [0.1, 0.15) is 25.7 Å². The third-order valence-corrected chi connectivity index (χ3v) is 2.70. The lowest BCUT2D eigenvalue weighted by Crippen LogP contribution is -2.56. The van der Waals surface area contributed by atoms with E-state index in [9.17, 15) is 23.1 Å². The summed E-state index contributed by atoms with van der Waals surface area (Å²) in [6, 6.07) is 0. The minimum atomic E-state index is -5.10. The van der Waals surface area contributed by atoms with Crippen molar-refractivity contribution in [1.29, 1.82) is 0 Å². The van der Waals surface area contributed by atoms with E-state index < -0.39 is 23.7 Å². The molecule has 0 aromatic rings. The molecule has 1 fully saturated rings. The lowest BCUT2D eigenvalue weighted by molar-refractivity contribution is -0.275. The molecule has 0 bridgehead atoms. The number of carboxylic acid groups (broad SMARTS) is 1. The van der Waals surface area contributed by atoms with E-state index in [1.165, 1.54) is 0 Å². The summed E-state index contributed by atoms with van der Waals surface area (Å²) in [5, 5.41) is 17.7. The molecule has 82 valence electrons. The number of rotatable bonds is 2. The van der Waals surface area contributed by atoms with Crippen molar-refractivity contribution < 1.29 is 28.2 Å². The predicted octanol–water partition coefficient (Wildman–Crippen LogP) is 1.55. The number of carboxylic acids is 1. The van der Waals surface area contributed by atoms with Gasteiger partial charge in [0.2, 0.25) is 0 Å². The maximum atomic E-state index is 12.4. The van der Waals surface area contributed by atoms with Gasteiger partial charge >= 0.3 is 12.1 Å². The van der Waals surface area contributed by atoms with Gasteiger partial charge in [-0.05, 0) is 12.8 Å². The van der Waals surface area contributed by atoms with Gasteiger partial charge in [0.15, 0.2) is 0 Å². The summed E-state index contributed by atoms with van der Waals surface area (Å²) >= 11 is 0. The standard InChI is InChI=1S/C8H11F3O3/c9-8(10,11)7(14,6(12)13)5-3-1-2-4-5/h5,14H,1-4H2,(H,12,13). The molecule has 0 aliphatic heterocycles. The van der Waals surface area contributed by atoms with Crippen molar-refractivity contribution in [2.45, 2.75) is 37.5 Å². The van der Waals surface area contributed by atoms with E-state index in [2.05, 4.69) is 0 Å². The Morgan fingerprint density at radius 2 is 1.64 bits per heavy atom. The Bertz CT molecular complexity index is 232. The average Bonchev–Trinajstić information content (AvgIpc) is 2.52. The Balaban J connectivity index is 2.97. The van der Waals surface area contributed by atoms with E-state index in [1.807, 2.05) is 0 Å². The second kappa shape index (κ2) is 3.42. The van der Waals surface area contributed by atoms with E-state index in [0.717, 1.165) is 0 Å². The first kappa shape index (κ1) is 11.3. The molecule has 1 unspecified atom stereocenters. The fourth-order valence-electron chi connectivity index (χ4n) is 1.87. The Kier molecular flexibility index (Phi) is 2.76. The molecule has 0 spiro atoms. The summed E-state index contributed by atoms with van der Waals surface area (Å²) in [4.78, 5) is 10.5. The molecule has 0 aromatic heterocycles. The highest BCUT2D eigenvalue weighted by molar-refractivity contribution is 5.78. The summed E-state index contributed by atoms with van der Waals surface area (Å²) < 4.78 is 37.1. The highest BCUT2D eigenvalue weighted by atomic mass is 19.4. The molecule has 1 rings (SSSR count). The van der Waals surface area contributed by atoms with Crippen LogP contribution in [0.2, 0.25) is 0 Å². The minimum absolute atomic E-state index is 0.113. The van der Waals surface area contributed by atoms with E-state index in [1.54, 1.807) is 0 Å². The molecule has 1 aliphatic rings. The number of aliphatic carboxylic acids is 1. The van der Waals surface area contributed by atoms with Crippen LogP contribution in [0.15, 0.2) is 0 Å². The van der Waals surface area contributed by atoms with Crippen molar-refractivity contribution in [3.63, 3.8) is 0 Å². The van der Waals surface area contributed by atoms with E-state index in [-0.39, 0.29) is 12.8 Å². The summed E-state index contributed by atoms with van der Waals surface area (Å²) in [5.41, 5.74) is -3.57. The Morgan fingerprint density at radius 1 is 1.21 bits per heavy atom. The van der Waals surface area contributed by atoms with Crippen molar-refractivity contribution >= 4 is 5.97 Å². The van der Waals surface area contributed by atoms with Crippen molar-refractivity contribution in [3.8, 4) is 0 Å². The predicted molar refractivity (Wildman–Crippen MR) is 40.6 cm³/mol. The lowest BCUT2D eigenvalue weighted by Gasteiger charge is -2.31. The molecule has 0 heterocycles. The van der Waals surface area contributed by atoms with E-state index in [4.69, 9.17) is 5.11 Å². The molecule has 0 aromatic carbocycles. The van der Waals surface area contributed by atoms with Crippen LogP contribution >= 0.6 is 0 Å². The number of halogens is 3. The van der Waals surface area contributed by atoms with Gasteiger partial charge in [-0.3, -0.25) is 0 Å². The third kappa shape index (κ3) is 1.58. The van der Waals surface area contributed by atoms with Crippen molar-refractivity contribution in [2.75, 3.05) is 0 Å². The zero-order valence-electron chi connectivity index (χ0n) is 7.34. The number of hydrogen-bond donors (Lipinski definition) is 2. The molecule has 0 saturated heterocycles. The largest absolute Gasteiger partial charge is 0.479 e. The summed E-state index contributed by atoms with van der Waals surface area (Å²) in [5.74, 6) is -3.41. The highest BCUT2D eigenvalue weighted by Gasteiger charge is 2.64. The zero-order valence-corrected chi connectivity index (χ0v) is 7.34. The second-order valence-corrected chi connectivity index (χ2v) is 3.55. The average molecular weight is 212 g/mol. The van der Waals surface area contributed by atoms with Gasteiger partial charge in [0.25, 0.3) is 5.60 Å². The Labute approximate surface area is 78.5 Å². The van der Waals surface area contributed by atoms with Crippen LogP contribution in [0.5, 0.6) is 0 Å². The number of alkyl halides is 3. The van der Waals surface area contributed by atoms with Crippen LogP contribution in [-0.4, -0.2) is 28.0 Å². The molecular formula is C8H11F3O3. The van der Waals surface area contributed by atoms with Crippen molar-refractivity contribution in [3.05, 3.63) is 0 Å². The SMILES string of the molecule is O=C(O)C(O)(C1CCCC1)C(F)(F)F. The molecule has 1 atom stereocenters. The topological polar surface area (TPSA) is 57.5 Å². The summed E-state index contributed by atoms with van der Waals surface area (Å²) in [7, 11) is 0. The fraction of sp³-hybridized carbons (Fsp3) is 0.875. The number of hydrogen-bond acceptors (Lipinski definition) is 2. The van der Waals surface area contributed by atoms with E-state index in [0.29, 0.717) is 12.8 Å². The molecule has 6 heteroatoms. The van der Waals surface area contributed by atoms with Crippen molar-refractivity contribution in [2.24, 2.45) is 5.92 Å². The first-order valence-electron chi connectivity index (χ1n) is 4.32. The first-order valence-corrected chi connectivity index (χ1v) is 4.32. The van der Waals surface area contributed by atoms with Crippen LogP contribution in [0.4, 0.5) is 13.2 Å². The van der Waals surface area contributed by atoms with Gasteiger partial charge in [-0.15, -0.1) is 0 Å². The number of aliphatic hydroxyl groups is 1. The van der Waals surface area contributed by atoms with Crippen LogP contribution < -0.4 is 0 Å². The quantitative estimate of drug-likeness (QED) is 0.730. The molecule has 0 radical (unpaired) electrons. The van der Waals surface area contributed by atoms with Gasteiger partial charge in [-0.2, -0.15) is 13.2 Å². The van der Waals surface area contributed by atoms with Gasteiger partial charge in [-0.25, -0.2) is 4.79 Å². The van der Waals surface area contributed by atoms with Gasteiger partial charge in [0, 0.05) is 5.92 Å². The van der Waals surface area contributed by atoms with Crippen LogP contribution in [0, 0.1) is 5.92 Å². The third-order valence-electron chi connectivity index (χ3n) is 2.70. The van der Waals surface area contributed by atoms with Crippen LogP contribution in [0.3, 0.4) is 0 Å². The molecule has 2 N–H and O–H groups in total. The maximum Gasteiger partial charge on any atom is 0.428 e. The monoisotopic (exact) mass is 212 g/mol. The Hall–Kier alpha value is -0.780. The van der Waals surface area contributed by atoms with Crippen molar-refractivity contribution in [1.82, 2.24) is 0 Å². The van der Waals surface area contributed by atoms with Crippen LogP contribution in [-0.2, 0) is 4.79 Å². The summed E-state index contributed by atoms with van der Waals surface area (Å²) in [6.07, 6.45) is -3.80. The normalized spacial score (nSPS) is 23.4. The molecular weight excluding hydrogens is 201 g/mol. The highest BCUT2D eigenvalue weighted by Crippen LogP contribution is 2.43. The first-order chi connectivity index (χ1) is 6.30. The fourth-order valence-corrected chi connectivity index (χ4v) is 1.87.